The van der Waals surface area contributed by atoms with Crippen molar-refractivity contribution in [3.63, 3.8) is 0 Å². The van der Waals surface area contributed by atoms with Gasteiger partial charge in [-0.25, -0.2) is 0 Å². The molecule has 1 amide bonds. The molecule has 1 fully saturated rings. The molecule has 0 bridgehead atoms. The monoisotopic (exact) mass is 303 g/mol. The molecule has 1 aromatic carbocycles. The number of rotatable bonds is 5. The van der Waals surface area contributed by atoms with Gasteiger partial charge in [0.15, 0.2) is 0 Å². The Balaban J connectivity index is 1.86. The lowest BCUT2D eigenvalue weighted by Gasteiger charge is -2.35. The zero-order valence-corrected chi connectivity index (χ0v) is 14.4. The highest BCUT2D eigenvalue weighted by Gasteiger charge is 2.21. The smallest absolute Gasteiger partial charge is 0.253 e. The minimum Gasteiger partial charge on any atom is -0.336 e. The molecule has 1 heterocycles. The third-order valence-electron chi connectivity index (χ3n) is 4.35. The first-order valence-electron chi connectivity index (χ1n) is 8.23. The lowest BCUT2D eigenvalue weighted by Crippen LogP contribution is -2.49. The lowest BCUT2D eigenvalue weighted by molar-refractivity contribution is 0.0629. The Morgan fingerprint density at radius 3 is 2.18 bits per heavy atom. The molecule has 0 saturated carbocycles. The maximum atomic E-state index is 12.6. The predicted octanol–water partition coefficient (Wildman–Crippen LogP) is 2.13. The van der Waals surface area contributed by atoms with Gasteiger partial charge in [0.2, 0.25) is 0 Å². The van der Waals surface area contributed by atoms with Crippen molar-refractivity contribution in [2.24, 2.45) is 0 Å². The number of likely N-dealkylation sites (N-methyl/N-ethyl adjacent to an activating group) is 1. The van der Waals surface area contributed by atoms with E-state index in [-0.39, 0.29) is 5.91 Å². The summed E-state index contributed by atoms with van der Waals surface area (Å²) in [7, 11) is 4.20. The average molecular weight is 303 g/mol. The van der Waals surface area contributed by atoms with Crippen LogP contribution in [0.15, 0.2) is 24.3 Å². The molecule has 0 unspecified atom stereocenters. The van der Waals surface area contributed by atoms with E-state index in [4.69, 9.17) is 0 Å². The normalized spacial score (nSPS) is 16.5. The number of piperazine rings is 1. The van der Waals surface area contributed by atoms with Gasteiger partial charge >= 0.3 is 0 Å². The maximum Gasteiger partial charge on any atom is 0.253 e. The molecule has 4 nitrogen and oxygen atoms in total. The summed E-state index contributed by atoms with van der Waals surface area (Å²) in [4.78, 5) is 19.2. The van der Waals surface area contributed by atoms with Crippen molar-refractivity contribution in [3.05, 3.63) is 35.4 Å². The van der Waals surface area contributed by atoms with Gasteiger partial charge in [0.1, 0.15) is 0 Å². The molecular weight excluding hydrogens is 274 g/mol. The van der Waals surface area contributed by atoms with E-state index < -0.39 is 0 Å². The van der Waals surface area contributed by atoms with Gasteiger partial charge in [-0.05, 0) is 37.7 Å². The molecule has 0 spiro atoms. The van der Waals surface area contributed by atoms with E-state index in [2.05, 4.69) is 49.9 Å². The van der Waals surface area contributed by atoms with E-state index in [1.165, 1.54) is 5.56 Å². The standard InChI is InChI=1S/C18H29N3O/c1-15(2)16-5-7-17(8-6-16)18(22)21-13-11-20(12-14-21)10-9-19(3)4/h5-8,15H,9-14H2,1-4H3. The zero-order chi connectivity index (χ0) is 16.1. The van der Waals surface area contributed by atoms with E-state index >= 15 is 0 Å². The quantitative estimate of drug-likeness (QED) is 0.834. The highest BCUT2D eigenvalue weighted by Crippen LogP contribution is 2.16. The molecule has 0 aromatic heterocycles. The van der Waals surface area contributed by atoms with Crippen LogP contribution in [0.4, 0.5) is 0 Å². The van der Waals surface area contributed by atoms with E-state index in [9.17, 15) is 4.79 Å². The number of hydrogen-bond acceptors (Lipinski definition) is 3. The van der Waals surface area contributed by atoms with Gasteiger partial charge in [-0.2, -0.15) is 0 Å². The molecule has 1 saturated heterocycles. The number of amides is 1. The number of nitrogens with zero attached hydrogens (tertiary/aromatic N) is 3. The van der Waals surface area contributed by atoms with E-state index in [0.29, 0.717) is 5.92 Å². The van der Waals surface area contributed by atoms with E-state index in [0.717, 1.165) is 44.8 Å². The predicted molar refractivity (Wildman–Crippen MR) is 91.4 cm³/mol. The van der Waals surface area contributed by atoms with Gasteiger partial charge in [-0.3, -0.25) is 9.69 Å². The van der Waals surface area contributed by atoms with Crippen LogP contribution in [-0.2, 0) is 0 Å². The Labute approximate surface area is 134 Å². The number of benzene rings is 1. The Morgan fingerprint density at radius 2 is 1.68 bits per heavy atom. The maximum absolute atomic E-state index is 12.6. The first-order chi connectivity index (χ1) is 10.5. The second-order valence-corrected chi connectivity index (χ2v) is 6.71. The van der Waals surface area contributed by atoms with Gasteiger partial charge in [-0.1, -0.05) is 26.0 Å². The van der Waals surface area contributed by atoms with Crippen molar-refractivity contribution >= 4 is 5.91 Å². The van der Waals surface area contributed by atoms with Gasteiger partial charge in [-0.15, -0.1) is 0 Å². The van der Waals surface area contributed by atoms with Crippen LogP contribution in [0, 0.1) is 0 Å². The van der Waals surface area contributed by atoms with Crippen molar-refractivity contribution in [3.8, 4) is 0 Å². The molecule has 122 valence electrons. The first-order valence-corrected chi connectivity index (χ1v) is 8.23. The van der Waals surface area contributed by atoms with Crippen LogP contribution >= 0.6 is 0 Å². The van der Waals surface area contributed by atoms with Gasteiger partial charge < -0.3 is 9.80 Å². The van der Waals surface area contributed by atoms with Crippen LogP contribution in [0.5, 0.6) is 0 Å². The summed E-state index contributed by atoms with van der Waals surface area (Å²) < 4.78 is 0. The Morgan fingerprint density at radius 1 is 1.09 bits per heavy atom. The fourth-order valence-corrected chi connectivity index (χ4v) is 2.71. The molecule has 0 N–H and O–H groups in total. The van der Waals surface area contributed by atoms with Crippen LogP contribution in [0.1, 0.15) is 35.7 Å². The molecule has 0 atom stereocenters. The van der Waals surface area contributed by atoms with Gasteiger partial charge in [0.05, 0.1) is 0 Å². The summed E-state index contributed by atoms with van der Waals surface area (Å²) in [5.41, 5.74) is 2.09. The lowest BCUT2D eigenvalue weighted by atomic mass is 10.0. The van der Waals surface area contributed by atoms with Crippen molar-refractivity contribution in [1.29, 1.82) is 0 Å². The fraction of sp³-hybridized carbons (Fsp3) is 0.611. The van der Waals surface area contributed by atoms with E-state index in [1.807, 2.05) is 17.0 Å². The van der Waals surface area contributed by atoms with Crippen molar-refractivity contribution in [2.75, 3.05) is 53.4 Å². The summed E-state index contributed by atoms with van der Waals surface area (Å²) in [5, 5.41) is 0. The summed E-state index contributed by atoms with van der Waals surface area (Å²) >= 11 is 0. The van der Waals surface area contributed by atoms with E-state index in [1.54, 1.807) is 0 Å². The Bertz CT molecular complexity index is 474. The Kier molecular flexibility index (Phi) is 5.98. The second kappa shape index (κ2) is 7.75. The number of carbonyl (C=O) groups excluding carboxylic acids is 1. The first kappa shape index (κ1) is 17.0. The Hall–Kier alpha value is -1.39. The largest absolute Gasteiger partial charge is 0.336 e. The molecule has 2 rings (SSSR count). The molecule has 22 heavy (non-hydrogen) atoms. The molecule has 0 radical (unpaired) electrons. The zero-order valence-electron chi connectivity index (χ0n) is 14.4. The molecule has 1 aromatic rings. The van der Waals surface area contributed by atoms with Crippen LogP contribution in [-0.4, -0.2) is 74.0 Å². The highest BCUT2D eigenvalue weighted by molar-refractivity contribution is 5.94. The third-order valence-corrected chi connectivity index (χ3v) is 4.35. The summed E-state index contributed by atoms with van der Waals surface area (Å²) in [6.07, 6.45) is 0. The molecule has 0 aliphatic carbocycles. The number of hydrogen-bond donors (Lipinski definition) is 0. The average Bonchev–Trinajstić information content (AvgIpc) is 2.53. The minimum atomic E-state index is 0.169. The molecule has 4 heteroatoms. The van der Waals surface area contributed by atoms with Crippen LogP contribution in [0.25, 0.3) is 0 Å². The summed E-state index contributed by atoms with van der Waals surface area (Å²) in [6.45, 7) is 10.1. The van der Waals surface area contributed by atoms with Gasteiger partial charge in [0, 0.05) is 44.8 Å². The van der Waals surface area contributed by atoms with Crippen LogP contribution < -0.4 is 0 Å². The topological polar surface area (TPSA) is 26.8 Å². The second-order valence-electron chi connectivity index (χ2n) is 6.71. The minimum absolute atomic E-state index is 0.169. The van der Waals surface area contributed by atoms with Gasteiger partial charge in [0.25, 0.3) is 5.91 Å². The van der Waals surface area contributed by atoms with Crippen molar-refractivity contribution < 1.29 is 4.79 Å². The molecule has 1 aliphatic heterocycles. The number of carbonyl (C=O) groups is 1. The van der Waals surface area contributed by atoms with Crippen LogP contribution in [0.3, 0.4) is 0 Å². The third kappa shape index (κ3) is 4.55. The fourth-order valence-electron chi connectivity index (χ4n) is 2.71. The van der Waals surface area contributed by atoms with Crippen molar-refractivity contribution in [2.45, 2.75) is 19.8 Å². The molecular formula is C18H29N3O. The SMILES string of the molecule is CC(C)c1ccc(C(=O)N2CCN(CCN(C)C)CC2)cc1. The molecule has 1 aliphatic rings. The summed E-state index contributed by atoms with van der Waals surface area (Å²) in [6, 6.07) is 8.09. The summed E-state index contributed by atoms with van der Waals surface area (Å²) in [5.74, 6) is 0.673. The van der Waals surface area contributed by atoms with Crippen LogP contribution in [0.2, 0.25) is 0 Å². The van der Waals surface area contributed by atoms with Crippen molar-refractivity contribution in [1.82, 2.24) is 14.7 Å². The highest BCUT2D eigenvalue weighted by atomic mass is 16.2.